The topological polar surface area (TPSA) is 52.7 Å². The van der Waals surface area contributed by atoms with Crippen LogP contribution in [0.2, 0.25) is 0 Å². The van der Waals surface area contributed by atoms with Gasteiger partial charge >= 0.3 is 0 Å². The summed E-state index contributed by atoms with van der Waals surface area (Å²) in [6, 6.07) is 13.8. The summed E-state index contributed by atoms with van der Waals surface area (Å²) < 4.78 is 0. The van der Waals surface area contributed by atoms with Crippen molar-refractivity contribution in [3.8, 4) is 0 Å². The molecule has 0 spiro atoms. The number of nitrogens with zero attached hydrogens (tertiary/aromatic N) is 2. The van der Waals surface area contributed by atoms with Crippen molar-refractivity contribution in [2.45, 2.75) is 52.0 Å². The average molecular weight is 448 g/mol. The fraction of sp³-hybridized carbons (Fsp3) is 0.346. The number of amides is 2. The van der Waals surface area contributed by atoms with E-state index in [4.69, 9.17) is 12.2 Å². The number of aryl methyl sites for hydroxylation is 1. The molecule has 0 bridgehead atoms. The Bertz CT molecular complexity index is 1150. The predicted molar refractivity (Wildman–Crippen MR) is 134 cm³/mol. The Morgan fingerprint density at radius 3 is 2.59 bits per heavy atom. The number of thiocarbonyl (C=S) groups is 1. The smallest absolute Gasteiger partial charge is 0.270 e. The molecule has 0 saturated carbocycles. The van der Waals surface area contributed by atoms with Crippen LogP contribution in [0.1, 0.15) is 56.7 Å². The zero-order chi connectivity index (χ0) is 23.2. The Hall–Kier alpha value is -2.99. The molecule has 2 aliphatic heterocycles. The van der Waals surface area contributed by atoms with Crippen LogP contribution in [-0.4, -0.2) is 29.5 Å². The molecule has 2 aromatic rings. The van der Waals surface area contributed by atoms with Crippen LogP contribution in [0.15, 0.2) is 48.0 Å². The average Bonchev–Trinajstić information content (AvgIpc) is 2.75. The van der Waals surface area contributed by atoms with Crippen molar-refractivity contribution in [2.75, 3.05) is 16.8 Å². The Labute approximate surface area is 195 Å². The molecular weight excluding hydrogens is 418 g/mol. The Balaban J connectivity index is 1.74. The maximum Gasteiger partial charge on any atom is 0.270 e. The summed E-state index contributed by atoms with van der Waals surface area (Å²) in [6.07, 6.45) is 3.46. The number of fused-ring (bicyclic) bond motifs is 1. The first-order chi connectivity index (χ1) is 15.1. The molecule has 2 amide bonds. The molecule has 6 heteroatoms. The van der Waals surface area contributed by atoms with Gasteiger partial charge in [0.15, 0.2) is 5.11 Å². The minimum Gasteiger partial charge on any atom is -0.369 e. The monoisotopic (exact) mass is 447 g/mol. The van der Waals surface area contributed by atoms with Gasteiger partial charge in [0.05, 0.1) is 5.69 Å². The van der Waals surface area contributed by atoms with Crippen LogP contribution < -0.4 is 15.1 Å². The van der Waals surface area contributed by atoms with E-state index in [9.17, 15) is 9.59 Å². The van der Waals surface area contributed by atoms with E-state index in [0.717, 1.165) is 24.0 Å². The summed E-state index contributed by atoms with van der Waals surface area (Å²) in [5, 5.41) is 2.80. The fourth-order valence-corrected chi connectivity index (χ4v) is 5.03. The molecule has 1 atom stereocenters. The van der Waals surface area contributed by atoms with Crippen molar-refractivity contribution in [3.63, 3.8) is 0 Å². The summed E-state index contributed by atoms with van der Waals surface area (Å²) in [7, 11) is 2.12. The van der Waals surface area contributed by atoms with Gasteiger partial charge in [-0.15, -0.1) is 0 Å². The van der Waals surface area contributed by atoms with Gasteiger partial charge in [-0.05, 0) is 85.8 Å². The molecule has 1 saturated heterocycles. The maximum absolute atomic E-state index is 13.4. The van der Waals surface area contributed by atoms with Crippen molar-refractivity contribution < 1.29 is 9.59 Å². The lowest BCUT2D eigenvalue weighted by Crippen LogP contribution is -2.54. The lowest BCUT2D eigenvalue weighted by molar-refractivity contribution is -0.122. The van der Waals surface area contributed by atoms with E-state index in [1.54, 1.807) is 6.08 Å². The number of para-hydroxylation sites is 1. The fourth-order valence-electron chi connectivity index (χ4n) is 4.76. The summed E-state index contributed by atoms with van der Waals surface area (Å²) >= 11 is 5.36. The molecule has 0 aliphatic carbocycles. The highest BCUT2D eigenvalue weighted by Crippen LogP contribution is 2.42. The van der Waals surface area contributed by atoms with Gasteiger partial charge in [-0.3, -0.25) is 19.8 Å². The zero-order valence-electron chi connectivity index (χ0n) is 19.2. The van der Waals surface area contributed by atoms with Crippen molar-refractivity contribution in [2.24, 2.45) is 0 Å². The molecule has 2 aliphatic rings. The number of carbonyl (C=O) groups is 2. The van der Waals surface area contributed by atoms with Gasteiger partial charge in [0.25, 0.3) is 11.8 Å². The summed E-state index contributed by atoms with van der Waals surface area (Å²) in [4.78, 5) is 29.9. The van der Waals surface area contributed by atoms with Crippen molar-refractivity contribution >= 4 is 46.6 Å². The van der Waals surface area contributed by atoms with E-state index in [0.29, 0.717) is 11.6 Å². The zero-order valence-corrected chi connectivity index (χ0v) is 20.0. The minimum absolute atomic E-state index is 0.0779. The van der Waals surface area contributed by atoms with Crippen molar-refractivity contribution in [3.05, 3.63) is 64.7 Å². The lowest BCUT2D eigenvalue weighted by atomic mass is 9.80. The van der Waals surface area contributed by atoms with E-state index < -0.39 is 11.8 Å². The first-order valence-corrected chi connectivity index (χ1v) is 11.4. The number of nitrogens with one attached hydrogen (secondary N) is 1. The van der Waals surface area contributed by atoms with Crippen LogP contribution in [0.4, 0.5) is 11.4 Å². The third kappa shape index (κ3) is 3.73. The third-order valence-corrected chi connectivity index (χ3v) is 6.97. The van der Waals surface area contributed by atoms with Crippen LogP contribution in [0.25, 0.3) is 6.08 Å². The van der Waals surface area contributed by atoms with Gasteiger partial charge in [-0.25, -0.2) is 0 Å². The molecule has 2 heterocycles. The normalized spacial score (nSPS) is 21.6. The second kappa shape index (κ2) is 8.17. The van der Waals surface area contributed by atoms with E-state index in [1.807, 2.05) is 37.3 Å². The maximum atomic E-state index is 13.4. The second-order valence-electron chi connectivity index (χ2n) is 9.23. The molecule has 4 rings (SSSR count). The molecule has 1 N–H and O–H groups in total. The predicted octanol–water partition coefficient (Wildman–Crippen LogP) is 4.80. The first-order valence-electron chi connectivity index (χ1n) is 11.0. The van der Waals surface area contributed by atoms with E-state index >= 15 is 0 Å². The Morgan fingerprint density at radius 2 is 1.88 bits per heavy atom. The molecule has 0 radical (unpaired) electrons. The first kappa shape index (κ1) is 22.2. The highest BCUT2D eigenvalue weighted by molar-refractivity contribution is 7.80. The minimum atomic E-state index is -0.464. The van der Waals surface area contributed by atoms with Crippen LogP contribution in [-0.2, 0) is 16.0 Å². The Kier molecular flexibility index (Phi) is 5.67. The lowest BCUT2D eigenvalue weighted by Gasteiger charge is -2.45. The van der Waals surface area contributed by atoms with Gasteiger partial charge in [0.1, 0.15) is 5.57 Å². The molecule has 0 aromatic heterocycles. The quantitative estimate of drug-likeness (QED) is 0.417. The SMILES string of the molecule is CCc1ccccc1N1C(=O)/C(=C/c2ccc3c(c2)[C@@H](C)CC(C)(C)N3C)C(=O)NC1=S. The number of hydrogen-bond donors (Lipinski definition) is 1. The number of benzene rings is 2. The standard InChI is InChI=1S/C26H29N3O2S/c1-6-18-9-7-8-10-21(18)29-24(31)20(23(30)27-25(29)32)14-17-11-12-22-19(13-17)16(2)15-26(3,4)28(22)5/h7-14,16H,6,15H2,1-5H3,(H,27,30,32)/b20-14+/t16-/m0/s1. The van der Waals surface area contributed by atoms with Gasteiger partial charge in [0.2, 0.25) is 0 Å². The largest absolute Gasteiger partial charge is 0.369 e. The number of hydrogen-bond acceptors (Lipinski definition) is 4. The summed E-state index contributed by atoms with van der Waals surface area (Å²) in [5.41, 5.74) is 5.11. The number of carbonyl (C=O) groups excluding carboxylic acids is 2. The molecular formula is C26H29N3O2S. The molecule has 166 valence electrons. The van der Waals surface area contributed by atoms with Crippen LogP contribution in [0, 0.1) is 0 Å². The summed E-state index contributed by atoms with van der Waals surface area (Å²) in [6.45, 7) is 8.75. The molecule has 0 unspecified atom stereocenters. The van der Waals surface area contributed by atoms with Crippen molar-refractivity contribution in [1.29, 1.82) is 0 Å². The van der Waals surface area contributed by atoms with E-state index in [2.05, 4.69) is 50.2 Å². The van der Waals surface area contributed by atoms with Gasteiger partial charge < -0.3 is 4.90 Å². The highest BCUT2D eigenvalue weighted by atomic mass is 32.1. The molecule has 32 heavy (non-hydrogen) atoms. The third-order valence-electron chi connectivity index (χ3n) is 6.68. The van der Waals surface area contributed by atoms with Gasteiger partial charge in [0, 0.05) is 18.3 Å². The van der Waals surface area contributed by atoms with Crippen LogP contribution >= 0.6 is 12.2 Å². The van der Waals surface area contributed by atoms with Crippen LogP contribution in [0.5, 0.6) is 0 Å². The highest BCUT2D eigenvalue weighted by Gasteiger charge is 2.36. The second-order valence-corrected chi connectivity index (χ2v) is 9.62. The van der Waals surface area contributed by atoms with Gasteiger partial charge in [-0.1, -0.05) is 38.1 Å². The van der Waals surface area contributed by atoms with Crippen molar-refractivity contribution in [1.82, 2.24) is 5.32 Å². The van der Waals surface area contributed by atoms with Crippen LogP contribution in [0.3, 0.4) is 0 Å². The molecule has 5 nitrogen and oxygen atoms in total. The van der Waals surface area contributed by atoms with E-state index in [1.165, 1.54) is 16.2 Å². The molecule has 2 aromatic carbocycles. The Morgan fingerprint density at radius 1 is 1.16 bits per heavy atom. The molecule has 1 fully saturated rings. The van der Waals surface area contributed by atoms with E-state index in [-0.39, 0.29) is 16.2 Å². The number of anilines is 2. The number of rotatable bonds is 3. The van der Waals surface area contributed by atoms with Gasteiger partial charge in [-0.2, -0.15) is 0 Å². The summed E-state index contributed by atoms with van der Waals surface area (Å²) in [5.74, 6) is -0.483.